The minimum absolute atomic E-state index is 0.430. The van der Waals surface area contributed by atoms with Gasteiger partial charge < -0.3 is 10.1 Å². The number of amides is 1. The molecule has 1 aromatic rings. The van der Waals surface area contributed by atoms with E-state index in [0.29, 0.717) is 17.3 Å². The molecule has 19 heavy (non-hydrogen) atoms. The molecule has 5 nitrogen and oxygen atoms in total. The van der Waals surface area contributed by atoms with Gasteiger partial charge in [-0.25, -0.2) is 4.79 Å². The fraction of sp³-hybridized carbons (Fsp3) is 0.385. The maximum Gasteiger partial charge on any atom is 0.430 e. The molecule has 0 spiro atoms. The van der Waals surface area contributed by atoms with Crippen molar-refractivity contribution in [1.29, 1.82) is 0 Å². The van der Waals surface area contributed by atoms with Crippen LogP contribution in [0.15, 0.2) is 23.3 Å². The highest BCUT2D eigenvalue weighted by molar-refractivity contribution is 6.31. The van der Waals surface area contributed by atoms with Crippen LogP contribution in [0.2, 0.25) is 5.02 Å². The normalized spacial score (nSPS) is 11.1. The molecule has 1 aromatic carbocycles. The van der Waals surface area contributed by atoms with Crippen molar-refractivity contribution in [2.45, 2.75) is 13.8 Å². The molecule has 6 heteroatoms. The highest BCUT2D eigenvalue weighted by Crippen LogP contribution is 2.21. The summed E-state index contributed by atoms with van der Waals surface area (Å²) >= 11 is 5.99. The van der Waals surface area contributed by atoms with E-state index < -0.39 is 6.09 Å². The maximum atomic E-state index is 11.5. The molecule has 0 aromatic heterocycles. The fourth-order valence-corrected chi connectivity index (χ4v) is 1.79. The topological polar surface area (TPSA) is 53.9 Å². The SMILES string of the molecule is CCN(/N=C(/C)c1cc(Cl)ccc1NC)C(=O)OC. The van der Waals surface area contributed by atoms with Crippen molar-refractivity contribution in [1.82, 2.24) is 5.01 Å². The predicted molar refractivity (Wildman–Crippen MR) is 78.0 cm³/mol. The van der Waals surface area contributed by atoms with Gasteiger partial charge in [-0.1, -0.05) is 11.6 Å². The second-order valence-electron chi connectivity index (χ2n) is 3.81. The summed E-state index contributed by atoms with van der Waals surface area (Å²) in [6.45, 7) is 4.07. The third kappa shape index (κ3) is 3.86. The molecular weight excluding hydrogens is 266 g/mol. The number of benzene rings is 1. The number of hydrogen-bond donors (Lipinski definition) is 1. The first-order chi connectivity index (χ1) is 9.03. The van der Waals surface area contributed by atoms with Crippen LogP contribution < -0.4 is 5.32 Å². The summed E-state index contributed by atoms with van der Waals surface area (Å²) in [7, 11) is 3.15. The van der Waals surface area contributed by atoms with Crippen molar-refractivity contribution in [3.63, 3.8) is 0 Å². The Hall–Kier alpha value is -1.75. The Morgan fingerprint density at radius 1 is 1.53 bits per heavy atom. The molecule has 0 aliphatic carbocycles. The Balaban J connectivity index is 3.13. The van der Waals surface area contributed by atoms with Crippen molar-refractivity contribution in [3.8, 4) is 0 Å². The third-order valence-electron chi connectivity index (χ3n) is 2.60. The Labute approximate surface area is 118 Å². The number of hydrazone groups is 1. The van der Waals surface area contributed by atoms with Crippen LogP contribution in [0.5, 0.6) is 0 Å². The molecule has 0 saturated carbocycles. The number of methoxy groups -OCH3 is 1. The zero-order valence-electron chi connectivity index (χ0n) is 11.5. The van der Waals surface area contributed by atoms with Gasteiger partial charge in [0.15, 0.2) is 0 Å². The summed E-state index contributed by atoms with van der Waals surface area (Å²) in [4.78, 5) is 11.5. The lowest BCUT2D eigenvalue weighted by Crippen LogP contribution is -2.26. The van der Waals surface area contributed by atoms with E-state index in [1.54, 1.807) is 12.1 Å². The van der Waals surface area contributed by atoms with Gasteiger partial charge in [0.25, 0.3) is 0 Å². The molecule has 0 radical (unpaired) electrons. The molecule has 104 valence electrons. The highest BCUT2D eigenvalue weighted by Gasteiger charge is 2.12. The number of ether oxygens (including phenoxy) is 1. The highest BCUT2D eigenvalue weighted by atomic mass is 35.5. The average Bonchev–Trinajstić information content (AvgIpc) is 2.43. The van der Waals surface area contributed by atoms with Crippen LogP contribution in [-0.2, 0) is 4.74 Å². The largest absolute Gasteiger partial charge is 0.451 e. The lowest BCUT2D eigenvalue weighted by Gasteiger charge is -2.16. The molecule has 0 atom stereocenters. The fourth-order valence-electron chi connectivity index (χ4n) is 1.61. The van der Waals surface area contributed by atoms with Crippen LogP contribution in [0, 0.1) is 0 Å². The van der Waals surface area contributed by atoms with Crippen LogP contribution in [-0.4, -0.2) is 37.5 Å². The van der Waals surface area contributed by atoms with Crippen LogP contribution >= 0.6 is 11.6 Å². The second kappa shape index (κ2) is 6.99. The van der Waals surface area contributed by atoms with Crippen LogP contribution in [0.1, 0.15) is 19.4 Å². The lowest BCUT2D eigenvalue weighted by atomic mass is 10.1. The van der Waals surface area contributed by atoms with E-state index in [9.17, 15) is 4.79 Å². The third-order valence-corrected chi connectivity index (χ3v) is 2.83. The minimum atomic E-state index is -0.491. The van der Waals surface area contributed by atoms with Gasteiger partial charge in [0.05, 0.1) is 12.8 Å². The Kier molecular flexibility index (Phi) is 5.63. The van der Waals surface area contributed by atoms with E-state index in [4.69, 9.17) is 11.6 Å². The molecule has 0 heterocycles. The zero-order chi connectivity index (χ0) is 14.4. The first-order valence-corrected chi connectivity index (χ1v) is 6.29. The summed E-state index contributed by atoms with van der Waals surface area (Å²) in [6.07, 6.45) is -0.491. The first kappa shape index (κ1) is 15.3. The summed E-state index contributed by atoms with van der Waals surface area (Å²) in [5.41, 5.74) is 2.42. The van der Waals surface area contributed by atoms with Crippen molar-refractivity contribution in [2.24, 2.45) is 5.10 Å². The number of halogens is 1. The molecule has 0 bridgehead atoms. The number of hydrogen-bond acceptors (Lipinski definition) is 4. The molecule has 1 rings (SSSR count). The molecule has 0 unspecified atom stereocenters. The number of nitrogens with zero attached hydrogens (tertiary/aromatic N) is 2. The zero-order valence-corrected chi connectivity index (χ0v) is 12.3. The predicted octanol–water partition coefficient (Wildman–Crippen LogP) is 3.19. The van der Waals surface area contributed by atoms with Crippen molar-refractivity contribution in [2.75, 3.05) is 26.0 Å². The van der Waals surface area contributed by atoms with Gasteiger partial charge in [-0.15, -0.1) is 0 Å². The molecular formula is C13H18ClN3O2. The van der Waals surface area contributed by atoms with Crippen molar-refractivity contribution >= 4 is 29.1 Å². The van der Waals surface area contributed by atoms with Gasteiger partial charge in [-0.3, -0.25) is 0 Å². The number of nitrogens with one attached hydrogen (secondary N) is 1. The van der Waals surface area contributed by atoms with E-state index in [1.165, 1.54) is 12.1 Å². The molecule has 1 amide bonds. The number of rotatable bonds is 4. The van der Waals surface area contributed by atoms with E-state index >= 15 is 0 Å². The smallest absolute Gasteiger partial charge is 0.430 e. The monoisotopic (exact) mass is 283 g/mol. The average molecular weight is 284 g/mol. The minimum Gasteiger partial charge on any atom is -0.451 e. The van der Waals surface area contributed by atoms with E-state index in [-0.39, 0.29) is 0 Å². The molecule has 0 saturated heterocycles. The Morgan fingerprint density at radius 3 is 2.74 bits per heavy atom. The van der Waals surface area contributed by atoms with Gasteiger partial charge in [0.1, 0.15) is 0 Å². The van der Waals surface area contributed by atoms with Gasteiger partial charge in [0, 0.05) is 29.9 Å². The molecule has 0 fully saturated rings. The van der Waals surface area contributed by atoms with E-state index in [1.807, 2.05) is 27.0 Å². The summed E-state index contributed by atoms with van der Waals surface area (Å²) < 4.78 is 4.66. The number of anilines is 1. The Morgan fingerprint density at radius 2 is 2.21 bits per heavy atom. The van der Waals surface area contributed by atoms with Crippen molar-refractivity contribution < 1.29 is 9.53 Å². The van der Waals surface area contributed by atoms with Crippen LogP contribution in [0.4, 0.5) is 10.5 Å². The van der Waals surface area contributed by atoms with E-state index in [2.05, 4.69) is 15.2 Å². The van der Waals surface area contributed by atoms with Crippen LogP contribution in [0.3, 0.4) is 0 Å². The van der Waals surface area contributed by atoms with Gasteiger partial charge in [0.2, 0.25) is 0 Å². The summed E-state index contributed by atoms with van der Waals surface area (Å²) in [6, 6.07) is 5.46. The van der Waals surface area contributed by atoms with Gasteiger partial charge in [-0.2, -0.15) is 10.1 Å². The molecule has 1 N–H and O–H groups in total. The number of carbonyl (C=O) groups excluding carboxylic acids is 1. The Bertz CT molecular complexity index is 489. The van der Waals surface area contributed by atoms with E-state index in [0.717, 1.165) is 11.3 Å². The molecule has 0 aliphatic rings. The lowest BCUT2D eigenvalue weighted by molar-refractivity contribution is 0.127. The van der Waals surface area contributed by atoms with Crippen molar-refractivity contribution in [3.05, 3.63) is 28.8 Å². The second-order valence-corrected chi connectivity index (χ2v) is 4.25. The number of carbonyl (C=O) groups is 1. The quantitative estimate of drug-likeness (QED) is 0.682. The summed E-state index contributed by atoms with van der Waals surface area (Å²) in [5, 5.41) is 9.20. The standard InChI is InChI=1S/C13H18ClN3O2/c1-5-17(13(18)19-4)16-9(2)11-8-10(14)6-7-12(11)15-3/h6-8,15H,5H2,1-4H3/b16-9-. The maximum absolute atomic E-state index is 11.5. The molecule has 0 aliphatic heterocycles. The van der Waals surface area contributed by atoms with Gasteiger partial charge in [-0.05, 0) is 32.0 Å². The first-order valence-electron chi connectivity index (χ1n) is 5.91. The van der Waals surface area contributed by atoms with Crippen LogP contribution in [0.25, 0.3) is 0 Å². The van der Waals surface area contributed by atoms with Gasteiger partial charge >= 0.3 is 6.09 Å². The summed E-state index contributed by atoms with van der Waals surface area (Å²) in [5.74, 6) is 0.